The van der Waals surface area contributed by atoms with Crippen molar-refractivity contribution in [1.29, 1.82) is 0 Å². The van der Waals surface area contributed by atoms with Gasteiger partial charge in [0.25, 0.3) is 0 Å². The first-order chi connectivity index (χ1) is 17.7. The van der Waals surface area contributed by atoms with E-state index in [0.717, 1.165) is 43.1 Å². The van der Waals surface area contributed by atoms with Crippen LogP contribution < -0.4 is 4.90 Å². The predicted octanol–water partition coefficient (Wildman–Crippen LogP) is 4.27. The van der Waals surface area contributed by atoms with E-state index in [2.05, 4.69) is 47.6 Å². The summed E-state index contributed by atoms with van der Waals surface area (Å²) in [4.78, 5) is 13.2. The van der Waals surface area contributed by atoms with Crippen LogP contribution in [0.25, 0.3) is 16.3 Å². The molecular formula is C29H30N3O4S-. The number of carboxylic acids is 1. The fraction of sp³-hybridized carbons (Fsp3) is 0.276. The van der Waals surface area contributed by atoms with Crippen LogP contribution in [-0.4, -0.2) is 61.5 Å². The third-order valence-electron chi connectivity index (χ3n) is 6.46. The van der Waals surface area contributed by atoms with E-state index < -0.39 is 23.3 Å². The molecule has 4 rings (SSSR count). The van der Waals surface area contributed by atoms with E-state index in [1.54, 1.807) is 11.9 Å². The molecule has 0 aromatic heterocycles. The number of piperazine rings is 1. The van der Waals surface area contributed by atoms with Crippen molar-refractivity contribution in [2.75, 3.05) is 31.1 Å². The number of carbonyl (C=O) groups is 1. The van der Waals surface area contributed by atoms with Gasteiger partial charge in [0.15, 0.2) is 0 Å². The zero-order chi connectivity index (χ0) is 26.5. The molecule has 0 radical (unpaired) electrons. The number of hydrogen-bond acceptors (Lipinski definition) is 5. The van der Waals surface area contributed by atoms with Gasteiger partial charge in [-0.2, -0.15) is 4.41 Å². The Morgan fingerprint density at radius 3 is 2.35 bits per heavy atom. The molecule has 0 aliphatic carbocycles. The third kappa shape index (κ3) is 6.45. The Morgan fingerprint density at radius 1 is 1.08 bits per heavy atom. The van der Waals surface area contributed by atoms with Crippen LogP contribution >= 0.6 is 0 Å². The van der Waals surface area contributed by atoms with Gasteiger partial charge in [0.2, 0.25) is 0 Å². The van der Waals surface area contributed by atoms with Gasteiger partial charge < -0.3 is 14.6 Å². The van der Waals surface area contributed by atoms with Crippen molar-refractivity contribution in [1.82, 2.24) is 9.42 Å². The molecule has 37 heavy (non-hydrogen) atoms. The highest BCUT2D eigenvalue weighted by atomic mass is 32.2. The molecule has 0 bridgehead atoms. The number of rotatable bonds is 7. The highest BCUT2D eigenvalue weighted by Gasteiger charge is 2.27. The molecule has 1 aliphatic rings. The van der Waals surface area contributed by atoms with Crippen molar-refractivity contribution in [3.05, 3.63) is 83.9 Å². The Bertz CT molecular complexity index is 1390. The molecule has 1 heterocycles. The van der Waals surface area contributed by atoms with Gasteiger partial charge in [-0.05, 0) is 66.6 Å². The lowest BCUT2D eigenvalue weighted by molar-refractivity contribution is -0.139. The maximum absolute atomic E-state index is 11.7. The SMILES string of the molecule is C=C(C)c1cccc2ccc(C#Cc3ccc(N4CCN(N(C(C)CC(=O)O)S(=O)[O-])CC4)cc3)cc12. The van der Waals surface area contributed by atoms with Crippen LogP contribution in [-0.2, 0) is 16.1 Å². The molecule has 1 saturated heterocycles. The van der Waals surface area contributed by atoms with E-state index in [9.17, 15) is 13.6 Å². The molecular weight excluding hydrogens is 486 g/mol. The second kappa shape index (κ2) is 11.7. The summed E-state index contributed by atoms with van der Waals surface area (Å²) >= 11 is -2.53. The Balaban J connectivity index is 1.42. The molecule has 3 aromatic rings. The zero-order valence-electron chi connectivity index (χ0n) is 21.0. The van der Waals surface area contributed by atoms with Gasteiger partial charge in [-0.3, -0.25) is 9.00 Å². The molecule has 3 aromatic carbocycles. The van der Waals surface area contributed by atoms with Crippen molar-refractivity contribution in [3.8, 4) is 11.8 Å². The van der Waals surface area contributed by atoms with E-state index in [1.807, 2.05) is 43.3 Å². The highest BCUT2D eigenvalue weighted by Crippen LogP contribution is 2.25. The van der Waals surface area contributed by atoms with Crippen molar-refractivity contribution in [2.45, 2.75) is 26.3 Å². The van der Waals surface area contributed by atoms with Crippen LogP contribution in [0.2, 0.25) is 0 Å². The van der Waals surface area contributed by atoms with E-state index in [4.69, 9.17) is 5.11 Å². The normalized spacial score (nSPS) is 15.7. The topological polar surface area (TPSA) is 87.2 Å². The number of aliphatic carboxylic acids is 1. The van der Waals surface area contributed by atoms with Crippen LogP contribution in [0.1, 0.15) is 37.0 Å². The summed E-state index contributed by atoms with van der Waals surface area (Å²) in [7, 11) is 0. The van der Waals surface area contributed by atoms with Crippen molar-refractivity contribution in [3.63, 3.8) is 0 Å². The molecule has 0 spiro atoms. The molecule has 0 amide bonds. The molecule has 2 unspecified atom stereocenters. The van der Waals surface area contributed by atoms with E-state index in [-0.39, 0.29) is 6.42 Å². The number of anilines is 1. The van der Waals surface area contributed by atoms with E-state index in [0.29, 0.717) is 26.2 Å². The lowest BCUT2D eigenvalue weighted by atomic mass is 9.98. The number of allylic oxidation sites excluding steroid dienone is 1. The summed E-state index contributed by atoms with van der Waals surface area (Å²) < 4.78 is 24.6. The molecule has 0 saturated carbocycles. The first kappa shape index (κ1) is 26.6. The molecule has 1 aliphatic heterocycles. The van der Waals surface area contributed by atoms with Gasteiger partial charge in [0, 0.05) is 60.3 Å². The summed E-state index contributed by atoms with van der Waals surface area (Å²) in [5, 5.41) is 13.0. The van der Waals surface area contributed by atoms with E-state index in [1.165, 1.54) is 0 Å². The van der Waals surface area contributed by atoms with Crippen molar-refractivity contribution in [2.24, 2.45) is 0 Å². The van der Waals surface area contributed by atoms with Gasteiger partial charge in [0.05, 0.1) is 6.42 Å². The molecule has 1 fully saturated rings. The summed E-state index contributed by atoms with van der Waals surface area (Å²) in [6.07, 6.45) is -0.245. The predicted molar refractivity (Wildman–Crippen MR) is 147 cm³/mol. The van der Waals surface area contributed by atoms with Gasteiger partial charge in [-0.1, -0.05) is 48.3 Å². The highest BCUT2D eigenvalue weighted by molar-refractivity contribution is 7.76. The summed E-state index contributed by atoms with van der Waals surface area (Å²) in [6, 6.07) is 19.8. The van der Waals surface area contributed by atoms with Crippen LogP contribution in [0, 0.1) is 11.8 Å². The minimum absolute atomic E-state index is 0.245. The Hall–Kier alpha value is -3.48. The average Bonchev–Trinajstić information content (AvgIpc) is 2.87. The van der Waals surface area contributed by atoms with Crippen LogP contribution in [0.3, 0.4) is 0 Å². The fourth-order valence-electron chi connectivity index (χ4n) is 4.62. The number of fused-ring (bicyclic) bond motifs is 1. The maximum atomic E-state index is 11.7. The van der Waals surface area contributed by atoms with Gasteiger partial charge in [-0.15, -0.1) is 0 Å². The number of hydrazine groups is 1. The number of benzene rings is 3. The maximum Gasteiger partial charge on any atom is 0.305 e. The van der Waals surface area contributed by atoms with Gasteiger partial charge >= 0.3 is 5.97 Å². The summed E-state index contributed by atoms with van der Waals surface area (Å²) in [5.74, 6) is 5.48. The lowest BCUT2D eigenvalue weighted by Gasteiger charge is -2.44. The minimum Gasteiger partial charge on any atom is -0.759 e. The summed E-state index contributed by atoms with van der Waals surface area (Å²) in [6.45, 7) is 9.91. The lowest BCUT2D eigenvalue weighted by Crippen LogP contribution is -2.57. The third-order valence-corrected chi connectivity index (χ3v) is 7.36. The monoisotopic (exact) mass is 516 g/mol. The van der Waals surface area contributed by atoms with Crippen molar-refractivity contribution < 1.29 is 18.7 Å². The average molecular weight is 517 g/mol. The number of nitrogens with zero attached hydrogens (tertiary/aromatic N) is 3. The van der Waals surface area contributed by atoms with Crippen LogP contribution in [0.4, 0.5) is 5.69 Å². The van der Waals surface area contributed by atoms with Crippen LogP contribution in [0.5, 0.6) is 0 Å². The Kier molecular flexibility index (Phi) is 8.41. The fourth-order valence-corrected chi connectivity index (χ4v) is 5.34. The standard InChI is InChI=1S/C29H31N3O4S/c1-21(2)27-6-4-5-25-12-9-24(20-28(25)27)8-7-23-10-13-26(14-11-23)30-15-17-31(18-16-30)32(37(35)36)22(3)19-29(33)34/h4-6,9-14,20,22H,1,15-19H2,2-3H3,(H,33,34)(H,35,36)/p-1. The second-order valence-corrected chi connectivity index (χ2v) is 10.0. The molecule has 7 nitrogen and oxygen atoms in total. The quantitative estimate of drug-likeness (QED) is 0.373. The Labute approximate surface area is 220 Å². The first-order valence-electron chi connectivity index (χ1n) is 12.1. The molecule has 8 heteroatoms. The minimum atomic E-state index is -2.53. The summed E-state index contributed by atoms with van der Waals surface area (Å²) in [5.41, 5.74) is 5.04. The smallest absolute Gasteiger partial charge is 0.305 e. The van der Waals surface area contributed by atoms with Gasteiger partial charge in [0.1, 0.15) is 0 Å². The number of carboxylic acid groups (broad SMARTS) is 1. The second-order valence-electron chi connectivity index (χ2n) is 9.23. The molecule has 1 N–H and O–H groups in total. The van der Waals surface area contributed by atoms with Crippen molar-refractivity contribution >= 4 is 39.3 Å². The first-order valence-corrected chi connectivity index (χ1v) is 13.2. The zero-order valence-corrected chi connectivity index (χ0v) is 21.8. The Morgan fingerprint density at radius 2 is 1.73 bits per heavy atom. The van der Waals surface area contributed by atoms with Crippen LogP contribution in [0.15, 0.2) is 67.2 Å². The van der Waals surface area contributed by atoms with E-state index >= 15 is 0 Å². The largest absolute Gasteiger partial charge is 0.759 e. The number of hydrogen-bond donors (Lipinski definition) is 1. The van der Waals surface area contributed by atoms with Gasteiger partial charge in [-0.25, -0.2) is 5.01 Å². The molecule has 2 atom stereocenters. The molecule has 192 valence electrons.